The summed E-state index contributed by atoms with van der Waals surface area (Å²) in [5, 5.41) is 3.00. The topological polar surface area (TPSA) is 42.0 Å². The third-order valence-corrected chi connectivity index (χ3v) is 3.89. The summed E-state index contributed by atoms with van der Waals surface area (Å²) in [6, 6.07) is 11.8. The van der Waals surface area contributed by atoms with Crippen molar-refractivity contribution in [2.75, 3.05) is 5.32 Å². The minimum Gasteiger partial charge on any atom is -0.326 e. The van der Waals surface area contributed by atoms with E-state index in [1.165, 1.54) is 0 Å². The molecule has 1 amide bonds. The van der Waals surface area contributed by atoms with Crippen LogP contribution in [0.25, 0.3) is 11.3 Å². The number of hydrogen-bond donors (Lipinski definition) is 1. The Labute approximate surface area is 119 Å². The first kappa shape index (κ1) is 12.9. The lowest BCUT2D eigenvalue weighted by molar-refractivity contribution is -0.117. The first-order valence-corrected chi connectivity index (χ1v) is 6.98. The number of aryl methyl sites for hydroxylation is 1. The average molecular weight is 266 g/mol. The van der Waals surface area contributed by atoms with Gasteiger partial charge in [0.05, 0.1) is 5.69 Å². The van der Waals surface area contributed by atoms with Crippen molar-refractivity contribution in [3.63, 3.8) is 0 Å². The number of nitrogens with one attached hydrogen (secondary N) is 1. The number of carbonyl (C=O) groups excluding carboxylic acids is 1. The lowest BCUT2D eigenvalue weighted by Crippen LogP contribution is -2.14. The molecule has 0 aliphatic heterocycles. The summed E-state index contributed by atoms with van der Waals surface area (Å²) >= 11 is 0. The number of anilines is 1. The van der Waals surface area contributed by atoms with Gasteiger partial charge in [0.1, 0.15) is 0 Å². The molecule has 0 saturated heterocycles. The van der Waals surface area contributed by atoms with Crippen molar-refractivity contribution in [3.8, 4) is 11.3 Å². The van der Waals surface area contributed by atoms with Gasteiger partial charge < -0.3 is 5.32 Å². The second-order valence-corrected chi connectivity index (χ2v) is 5.55. The van der Waals surface area contributed by atoms with E-state index >= 15 is 0 Å². The maximum absolute atomic E-state index is 12.0. The molecule has 1 aromatic carbocycles. The molecule has 1 N–H and O–H groups in total. The molecule has 0 spiro atoms. The minimum atomic E-state index is 0.133. The van der Waals surface area contributed by atoms with Crippen LogP contribution >= 0.6 is 0 Å². The van der Waals surface area contributed by atoms with E-state index in [2.05, 4.69) is 24.1 Å². The summed E-state index contributed by atoms with van der Waals surface area (Å²) < 4.78 is 0. The Hall–Kier alpha value is -2.16. The summed E-state index contributed by atoms with van der Waals surface area (Å²) in [6.07, 6.45) is 2.79. The van der Waals surface area contributed by atoms with Crippen molar-refractivity contribution in [2.24, 2.45) is 11.8 Å². The highest BCUT2D eigenvalue weighted by Gasteiger charge is 2.39. The van der Waals surface area contributed by atoms with Crippen LogP contribution in [0.4, 0.5) is 5.69 Å². The van der Waals surface area contributed by atoms with Crippen molar-refractivity contribution >= 4 is 11.6 Å². The maximum atomic E-state index is 12.0. The molecule has 3 rings (SSSR count). The second kappa shape index (κ2) is 5.08. The van der Waals surface area contributed by atoms with Gasteiger partial charge in [-0.25, -0.2) is 0 Å². The van der Waals surface area contributed by atoms with Crippen molar-refractivity contribution < 1.29 is 4.79 Å². The van der Waals surface area contributed by atoms with E-state index in [0.29, 0.717) is 5.92 Å². The van der Waals surface area contributed by atoms with Gasteiger partial charge >= 0.3 is 0 Å². The van der Waals surface area contributed by atoms with Crippen LogP contribution in [0.5, 0.6) is 0 Å². The van der Waals surface area contributed by atoms with Crippen LogP contribution in [0, 0.1) is 18.8 Å². The summed E-state index contributed by atoms with van der Waals surface area (Å²) in [5.74, 6) is 0.846. The van der Waals surface area contributed by atoms with Gasteiger partial charge in [-0.15, -0.1) is 0 Å². The summed E-state index contributed by atoms with van der Waals surface area (Å²) in [4.78, 5) is 16.4. The summed E-state index contributed by atoms with van der Waals surface area (Å²) in [5.41, 5.74) is 4.00. The van der Waals surface area contributed by atoms with Crippen molar-refractivity contribution in [2.45, 2.75) is 20.3 Å². The summed E-state index contributed by atoms with van der Waals surface area (Å²) in [7, 11) is 0. The van der Waals surface area contributed by atoms with Crippen LogP contribution in [0.3, 0.4) is 0 Å². The van der Waals surface area contributed by atoms with Crippen molar-refractivity contribution in [1.82, 2.24) is 4.98 Å². The molecule has 0 radical (unpaired) electrons. The smallest absolute Gasteiger partial charge is 0.227 e. The zero-order chi connectivity index (χ0) is 14.1. The third kappa shape index (κ3) is 2.57. The van der Waals surface area contributed by atoms with Gasteiger partial charge in [-0.05, 0) is 49.1 Å². The Morgan fingerprint density at radius 2 is 2.10 bits per heavy atom. The van der Waals surface area contributed by atoms with Crippen LogP contribution in [-0.4, -0.2) is 10.9 Å². The van der Waals surface area contributed by atoms with E-state index in [4.69, 9.17) is 0 Å². The highest BCUT2D eigenvalue weighted by Crippen LogP contribution is 2.38. The average Bonchev–Trinajstić information content (AvgIpc) is 3.19. The highest BCUT2D eigenvalue weighted by molar-refractivity contribution is 5.95. The molecule has 1 aliphatic rings. The Kier molecular flexibility index (Phi) is 3.26. The monoisotopic (exact) mass is 266 g/mol. The fourth-order valence-corrected chi connectivity index (χ4v) is 2.42. The Morgan fingerprint density at radius 3 is 2.75 bits per heavy atom. The van der Waals surface area contributed by atoms with Gasteiger partial charge in [0.25, 0.3) is 0 Å². The molecule has 1 heterocycles. The van der Waals surface area contributed by atoms with Gasteiger partial charge in [0.15, 0.2) is 0 Å². The molecule has 1 fully saturated rings. The number of hydrogen-bond acceptors (Lipinski definition) is 2. The predicted octanol–water partition coefficient (Wildman–Crippen LogP) is 3.65. The third-order valence-electron chi connectivity index (χ3n) is 3.89. The lowest BCUT2D eigenvalue weighted by atomic mass is 10.0. The minimum absolute atomic E-state index is 0.133. The number of aromatic nitrogens is 1. The van der Waals surface area contributed by atoms with Crippen LogP contribution in [0.15, 0.2) is 42.6 Å². The number of pyridine rings is 1. The molecule has 1 aromatic heterocycles. The van der Waals surface area contributed by atoms with Crippen molar-refractivity contribution in [1.29, 1.82) is 0 Å². The fourth-order valence-electron chi connectivity index (χ4n) is 2.42. The Morgan fingerprint density at radius 1 is 1.30 bits per heavy atom. The van der Waals surface area contributed by atoms with Crippen molar-refractivity contribution in [3.05, 3.63) is 48.2 Å². The van der Waals surface area contributed by atoms with Crippen LogP contribution < -0.4 is 5.32 Å². The Balaban J connectivity index is 1.85. The van der Waals surface area contributed by atoms with E-state index in [9.17, 15) is 4.79 Å². The number of nitrogens with zero attached hydrogens (tertiary/aromatic N) is 1. The van der Waals surface area contributed by atoms with Gasteiger partial charge in [-0.3, -0.25) is 9.78 Å². The zero-order valence-corrected chi connectivity index (χ0v) is 11.8. The first-order chi connectivity index (χ1) is 9.65. The quantitative estimate of drug-likeness (QED) is 0.921. The fraction of sp³-hybridized carbons (Fsp3) is 0.294. The van der Waals surface area contributed by atoms with Gasteiger partial charge in [0, 0.05) is 23.4 Å². The standard InChI is InChI=1S/C17H18N2O/c1-11-6-7-13(19-17(20)15-9-12(15)2)10-14(11)16-5-3-4-8-18-16/h3-8,10,12,15H,9H2,1-2H3,(H,19,20)/t12-,15-/m1/s1. The van der Waals surface area contributed by atoms with E-state index in [-0.39, 0.29) is 11.8 Å². The molecule has 102 valence electrons. The molecule has 1 aliphatic carbocycles. The summed E-state index contributed by atoms with van der Waals surface area (Å²) in [6.45, 7) is 4.16. The SMILES string of the molecule is Cc1ccc(NC(=O)[C@@H]2C[C@H]2C)cc1-c1ccccn1. The first-order valence-electron chi connectivity index (χ1n) is 6.98. The largest absolute Gasteiger partial charge is 0.326 e. The van der Waals surface area contributed by atoms with Gasteiger partial charge in [-0.2, -0.15) is 0 Å². The van der Waals surface area contributed by atoms with E-state index < -0.39 is 0 Å². The lowest BCUT2D eigenvalue weighted by Gasteiger charge is -2.10. The molecular weight excluding hydrogens is 248 g/mol. The molecule has 20 heavy (non-hydrogen) atoms. The normalized spacial score (nSPS) is 20.5. The van der Waals surface area contributed by atoms with E-state index in [1.807, 2.05) is 36.4 Å². The zero-order valence-electron chi connectivity index (χ0n) is 11.8. The van der Waals surface area contributed by atoms with Crippen LogP contribution in [0.1, 0.15) is 18.9 Å². The predicted molar refractivity (Wildman–Crippen MR) is 80.3 cm³/mol. The second-order valence-electron chi connectivity index (χ2n) is 5.55. The molecule has 1 saturated carbocycles. The molecule has 0 bridgehead atoms. The highest BCUT2D eigenvalue weighted by atomic mass is 16.2. The molecule has 2 atom stereocenters. The number of carbonyl (C=O) groups is 1. The number of amides is 1. The number of rotatable bonds is 3. The molecular formula is C17H18N2O. The van der Waals surface area contributed by atoms with Gasteiger partial charge in [-0.1, -0.05) is 19.1 Å². The Bertz CT molecular complexity index is 637. The molecule has 3 nitrogen and oxygen atoms in total. The maximum Gasteiger partial charge on any atom is 0.227 e. The van der Waals surface area contributed by atoms with Gasteiger partial charge in [0.2, 0.25) is 5.91 Å². The van der Waals surface area contributed by atoms with Crippen LogP contribution in [-0.2, 0) is 4.79 Å². The molecule has 2 aromatic rings. The molecule has 3 heteroatoms. The number of benzene rings is 1. The van der Waals surface area contributed by atoms with E-state index in [0.717, 1.165) is 28.9 Å². The van der Waals surface area contributed by atoms with Crippen LogP contribution in [0.2, 0.25) is 0 Å². The molecule has 0 unspecified atom stereocenters. The van der Waals surface area contributed by atoms with E-state index in [1.54, 1.807) is 6.20 Å².